The Labute approximate surface area is 222 Å². The topological polar surface area (TPSA) is 66.8 Å². The predicted molar refractivity (Wildman–Crippen MR) is 146 cm³/mol. The zero-order valence-corrected chi connectivity index (χ0v) is 21.7. The molecule has 0 atom stereocenters. The molecule has 38 heavy (non-hydrogen) atoms. The summed E-state index contributed by atoms with van der Waals surface area (Å²) >= 11 is 0. The number of carbonyl (C=O) groups excluding carboxylic acids is 1. The first kappa shape index (κ1) is 25.1. The SMILES string of the molecule is O=C(NCC1CCN(C2CC2)CC1)c1cc(F)cc(Cn2ccc3cc(N4CCOCC4)ccc3c2=O)c1. The number of pyridine rings is 1. The van der Waals surface area contributed by atoms with Crippen molar-refractivity contribution in [2.75, 3.05) is 50.8 Å². The lowest BCUT2D eigenvalue weighted by molar-refractivity contribution is 0.0934. The fourth-order valence-electron chi connectivity index (χ4n) is 5.79. The number of nitrogens with zero attached hydrogens (tertiary/aromatic N) is 3. The summed E-state index contributed by atoms with van der Waals surface area (Å²) in [4.78, 5) is 30.9. The average molecular weight is 519 g/mol. The summed E-state index contributed by atoms with van der Waals surface area (Å²) < 4.78 is 21.5. The minimum atomic E-state index is -0.477. The molecule has 0 radical (unpaired) electrons. The number of benzene rings is 2. The highest BCUT2D eigenvalue weighted by Gasteiger charge is 2.31. The van der Waals surface area contributed by atoms with E-state index in [-0.39, 0.29) is 18.0 Å². The van der Waals surface area contributed by atoms with E-state index in [0.29, 0.717) is 42.2 Å². The van der Waals surface area contributed by atoms with Crippen LogP contribution in [-0.4, -0.2) is 67.4 Å². The number of nitrogens with one attached hydrogen (secondary N) is 1. The van der Waals surface area contributed by atoms with Gasteiger partial charge < -0.3 is 24.4 Å². The maximum absolute atomic E-state index is 14.5. The third-order valence-corrected chi connectivity index (χ3v) is 8.17. The summed E-state index contributed by atoms with van der Waals surface area (Å²) in [6, 6.07) is 12.9. The van der Waals surface area contributed by atoms with Crippen LogP contribution in [0.1, 0.15) is 41.6 Å². The molecule has 3 fully saturated rings. The molecule has 8 heteroatoms. The van der Waals surface area contributed by atoms with Crippen LogP contribution in [-0.2, 0) is 11.3 Å². The number of carbonyl (C=O) groups is 1. The van der Waals surface area contributed by atoms with Gasteiger partial charge in [-0.1, -0.05) is 0 Å². The second-order valence-corrected chi connectivity index (χ2v) is 10.9. The first-order valence-electron chi connectivity index (χ1n) is 13.8. The van der Waals surface area contributed by atoms with Crippen molar-refractivity contribution in [1.82, 2.24) is 14.8 Å². The van der Waals surface area contributed by atoms with E-state index < -0.39 is 5.82 Å². The fraction of sp³-hybridized carbons (Fsp3) is 0.467. The van der Waals surface area contributed by atoms with Crippen LogP contribution >= 0.6 is 0 Å². The number of fused-ring (bicyclic) bond motifs is 1. The number of morpholine rings is 1. The second kappa shape index (κ2) is 10.9. The Morgan fingerprint density at radius 3 is 2.53 bits per heavy atom. The quantitative estimate of drug-likeness (QED) is 0.518. The molecule has 3 heterocycles. The van der Waals surface area contributed by atoms with E-state index in [4.69, 9.17) is 4.74 Å². The minimum absolute atomic E-state index is 0.135. The lowest BCUT2D eigenvalue weighted by Crippen LogP contribution is -2.39. The predicted octanol–water partition coefficient (Wildman–Crippen LogP) is 3.63. The summed E-state index contributed by atoms with van der Waals surface area (Å²) in [5, 5.41) is 4.50. The number of likely N-dealkylation sites (tertiary alicyclic amines) is 1. The maximum atomic E-state index is 14.5. The molecule has 0 unspecified atom stereocenters. The number of piperidine rings is 1. The van der Waals surface area contributed by atoms with Crippen LogP contribution in [0, 0.1) is 11.7 Å². The van der Waals surface area contributed by atoms with Crippen molar-refractivity contribution in [2.24, 2.45) is 5.92 Å². The van der Waals surface area contributed by atoms with Crippen molar-refractivity contribution < 1.29 is 13.9 Å². The lowest BCUT2D eigenvalue weighted by Gasteiger charge is -2.32. The summed E-state index contributed by atoms with van der Waals surface area (Å²) in [5.74, 6) is -0.284. The van der Waals surface area contributed by atoms with Crippen LogP contribution in [0.3, 0.4) is 0 Å². The van der Waals surface area contributed by atoms with Gasteiger partial charge in [-0.05, 0) is 98.1 Å². The first-order valence-corrected chi connectivity index (χ1v) is 13.8. The van der Waals surface area contributed by atoms with Gasteiger partial charge in [0, 0.05) is 48.5 Å². The van der Waals surface area contributed by atoms with Crippen molar-refractivity contribution >= 4 is 22.4 Å². The molecular formula is C30H35FN4O3. The van der Waals surface area contributed by atoms with E-state index in [9.17, 15) is 14.0 Å². The first-order chi connectivity index (χ1) is 18.5. The molecule has 6 rings (SSSR count). The molecule has 2 aromatic carbocycles. The molecule has 1 N–H and O–H groups in total. The third kappa shape index (κ3) is 5.61. The van der Waals surface area contributed by atoms with Crippen LogP contribution in [0.15, 0.2) is 53.5 Å². The summed E-state index contributed by atoms with van der Waals surface area (Å²) in [7, 11) is 0. The van der Waals surface area contributed by atoms with Gasteiger partial charge in [0.05, 0.1) is 19.8 Å². The minimum Gasteiger partial charge on any atom is -0.378 e. The lowest BCUT2D eigenvalue weighted by atomic mass is 9.96. The molecule has 7 nitrogen and oxygen atoms in total. The molecule has 2 saturated heterocycles. The highest BCUT2D eigenvalue weighted by molar-refractivity contribution is 5.94. The van der Waals surface area contributed by atoms with Crippen LogP contribution in [0.2, 0.25) is 0 Å². The highest BCUT2D eigenvalue weighted by atomic mass is 19.1. The number of aromatic nitrogens is 1. The van der Waals surface area contributed by atoms with E-state index in [0.717, 1.165) is 56.1 Å². The van der Waals surface area contributed by atoms with Crippen molar-refractivity contribution in [3.8, 4) is 0 Å². The number of halogens is 1. The van der Waals surface area contributed by atoms with Gasteiger partial charge in [-0.3, -0.25) is 9.59 Å². The molecule has 200 valence electrons. The van der Waals surface area contributed by atoms with E-state index in [2.05, 4.69) is 15.1 Å². The summed E-state index contributed by atoms with van der Waals surface area (Å²) in [6.07, 6.45) is 6.56. The van der Waals surface area contributed by atoms with E-state index in [1.54, 1.807) is 16.8 Å². The summed E-state index contributed by atoms with van der Waals surface area (Å²) in [6.45, 7) is 6.07. The zero-order chi connectivity index (χ0) is 26.1. The Bertz CT molecular complexity index is 1370. The Morgan fingerprint density at radius 1 is 0.974 bits per heavy atom. The van der Waals surface area contributed by atoms with Crippen LogP contribution in [0.25, 0.3) is 10.8 Å². The monoisotopic (exact) mass is 518 g/mol. The molecule has 3 aliphatic rings. The Kier molecular flexibility index (Phi) is 7.17. The number of rotatable bonds is 7. The molecule has 1 aliphatic carbocycles. The van der Waals surface area contributed by atoms with Crippen molar-refractivity contribution in [3.05, 3.63) is 76.0 Å². The maximum Gasteiger partial charge on any atom is 0.258 e. The van der Waals surface area contributed by atoms with Gasteiger partial charge in [0.15, 0.2) is 0 Å². The van der Waals surface area contributed by atoms with Crippen molar-refractivity contribution in [3.63, 3.8) is 0 Å². The van der Waals surface area contributed by atoms with E-state index in [1.165, 1.54) is 25.0 Å². The van der Waals surface area contributed by atoms with Gasteiger partial charge in [0.1, 0.15) is 5.82 Å². The Balaban J connectivity index is 1.12. The van der Waals surface area contributed by atoms with Crippen LogP contribution in [0.5, 0.6) is 0 Å². The number of anilines is 1. The smallest absolute Gasteiger partial charge is 0.258 e. The van der Waals surface area contributed by atoms with Gasteiger partial charge in [-0.15, -0.1) is 0 Å². The molecule has 2 aliphatic heterocycles. The number of hydrogen-bond acceptors (Lipinski definition) is 5. The van der Waals surface area contributed by atoms with Gasteiger partial charge in [-0.25, -0.2) is 4.39 Å². The van der Waals surface area contributed by atoms with E-state index in [1.807, 2.05) is 24.3 Å². The zero-order valence-electron chi connectivity index (χ0n) is 21.7. The third-order valence-electron chi connectivity index (χ3n) is 8.17. The molecule has 1 saturated carbocycles. The van der Waals surface area contributed by atoms with Gasteiger partial charge in [-0.2, -0.15) is 0 Å². The van der Waals surface area contributed by atoms with E-state index >= 15 is 0 Å². The summed E-state index contributed by atoms with van der Waals surface area (Å²) in [5.41, 5.74) is 1.81. The molecular weight excluding hydrogens is 483 g/mol. The molecule has 3 aromatic rings. The Morgan fingerprint density at radius 2 is 1.76 bits per heavy atom. The van der Waals surface area contributed by atoms with Crippen LogP contribution < -0.4 is 15.8 Å². The second-order valence-electron chi connectivity index (χ2n) is 10.9. The normalized spacial score (nSPS) is 19.1. The van der Waals surface area contributed by atoms with Gasteiger partial charge >= 0.3 is 0 Å². The van der Waals surface area contributed by atoms with Crippen molar-refractivity contribution in [1.29, 1.82) is 0 Å². The largest absolute Gasteiger partial charge is 0.378 e. The fourth-order valence-corrected chi connectivity index (χ4v) is 5.79. The number of amides is 1. The molecule has 1 aromatic heterocycles. The average Bonchev–Trinajstić information content (AvgIpc) is 3.79. The molecule has 0 bridgehead atoms. The molecule has 0 spiro atoms. The van der Waals surface area contributed by atoms with Gasteiger partial charge in [0.2, 0.25) is 0 Å². The Hall–Kier alpha value is -3.23. The highest BCUT2D eigenvalue weighted by Crippen LogP contribution is 2.30. The number of hydrogen-bond donors (Lipinski definition) is 1. The standard InChI is InChI=1S/C30H35FN4O3/c31-25-16-22(15-24(17-25)29(36)32-19-21-5-8-33(9-6-21)26-1-2-26)20-35-10-7-23-18-27(3-4-28(23)30(35)37)34-11-13-38-14-12-34/h3-4,7,10,15-18,21,26H,1-2,5-6,8-9,11-14,19-20H2,(H,32,36). The number of ether oxygens (including phenoxy) is 1. The molecule has 1 amide bonds. The van der Waals surface area contributed by atoms with Gasteiger partial charge in [0.25, 0.3) is 11.5 Å². The van der Waals surface area contributed by atoms with Crippen molar-refractivity contribution in [2.45, 2.75) is 38.3 Å². The van der Waals surface area contributed by atoms with Crippen LogP contribution in [0.4, 0.5) is 10.1 Å².